The second kappa shape index (κ2) is 12.1. The Hall–Kier alpha value is -1.55. The van der Waals surface area contributed by atoms with Crippen molar-refractivity contribution in [1.29, 1.82) is 0 Å². The van der Waals surface area contributed by atoms with E-state index in [1.54, 1.807) is 0 Å². The van der Waals surface area contributed by atoms with Crippen molar-refractivity contribution in [2.45, 2.75) is 97.5 Å². The van der Waals surface area contributed by atoms with Gasteiger partial charge in [0.1, 0.15) is 11.6 Å². The second-order valence-electron chi connectivity index (χ2n) is 10.9. The van der Waals surface area contributed by atoms with Gasteiger partial charge in [0.05, 0.1) is 6.10 Å². The maximum atomic E-state index is 13.1. The average Bonchev–Trinajstić information content (AvgIpc) is 3.20. The third kappa shape index (κ3) is 7.23. The quantitative estimate of drug-likeness (QED) is 0.399. The summed E-state index contributed by atoms with van der Waals surface area (Å²) in [5.41, 5.74) is 1.35. The highest BCUT2D eigenvalue weighted by Gasteiger charge is 2.33. The van der Waals surface area contributed by atoms with Gasteiger partial charge in [0.2, 0.25) is 0 Å². The minimum Gasteiger partial charge on any atom is -0.378 e. The normalized spacial score (nSPS) is 27.9. The van der Waals surface area contributed by atoms with Crippen LogP contribution in [0.15, 0.2) is 24.5 Å². The van der Waals surface area contributed by atoms with Gasteiger partial charge in [-0.2, -0.15) is 0 Å². The third-order valence-corrected chi connectivity index (χ3v) is 7.99. The molecule has 0 aromatic carbocycles. The summed E-state index contributed by atoms with van der Waals surface area (Å²) in [6.45, 7) is 9.06. The lowest BCUT2D eigenvalue weighted by molar-refractivity contribution is -0.127. The zero-order valence-electron chi connectivity index (χ0n) is 20.6. The summed E-state index contributed by atoms with van der Waals surface area (Å²) in [6, 6.07) is 4.24. The van der Waals surface area contributed by atoms with E-state index in [1.807, 2.05) is 26.2 Å². The number of carbonyl (C=O) groups is 2. The van der Waals surface area contributed by atoms with Gasteiger partial charge in [0.25, 0.3) is 0 Å². The Morgan fingerprint density at radius 2 is 1.69 bits per heavy atom. The Kier molecular flexibility index (Phi) is 9.46. The first-order valence-corrected chi connectivity index (χ1v) is 12.9. The maximum Gasteiger partial charge on any atom is 0.136 e. The van der Waals surface area contributed by atoms with Crippen LogP contribution >= 0.6 is 0 Å². The Bertz CT molecular complexity index is 731. The molecule has 2 fully saturated rings. The van der Waals surface area contributed by atoms with E-state index >= 15 is 0 Å². The molecule has 0 bridgehead atoms. The molecule has 0 radical (unpaired) electrons. The van der Waals surface area contributed by atoms with Gasteiger partial charge in [-0.25, -0.2) is 0 Å². The summed E-state index contributed by atoms with van der Waals surface area (Å²) < 4.78 is 6.00. The van der Waals surface area contributed by atoms with Gasteiger partial charge in [0.15, 0.2) is 0 Å². The van der Waals surface area contributed by atoms with Crippen LogP contribution in [0.5, 0.6) is 0 Å². The number of carbonyl (C=O) groups excluding carboxylic acids is 2. The number of ketones is 2. The molecule has 1 aromatic heterocycles. The molecular weight excluding hydrogens is 398 g/mol. The Morgan fingerprint density at radius 3 is 2.41 bits per heavy atom. The molecule has 0 spiro atoms. The minimum atomic E-state index is 0.0402. The van der Waals surface area contributed by atoms with E-state index in [1.165, 1.54) is 24.8 Å². The van der Waals surface area contributed by atoms with Gasteiger partial charge in [-0.15, -0.1) is 0 Å². The van der Waals surface area contributed by atoms with Crippen molar-refractivity contribution in [3.63, 3.8) is 0 Å². The summed E-state index contributed by atoms with van der Waals surface area (Å²) in [5, 5.41) is 0. The van der Waals surface area contributed by atoms with Crippen molar-refractivity contribution in [3.05, 3.63) is 30.1 Å². The molecule has 0 amide bonds. The van der Waals surface area contributed by atoms with Gasteiger partial charge in [0, 0.05) is 43.7 Å². The van der Waals surface area contributed by atoms with Crippen molar-refractivity contribution < 1.29 is 14.3 Å². The number of aromatic nitrogens is 1. The van der Waals surface area contributed by atoms with Crippen molar-refractivity contribution in [3.8, 4) is 0 Å². The molecular formula is C28H43NO3. The van der Waals surface area contributed by atoms with Crippen molar-refractivity contribution in [2.75, 3.05) is 6.61 Å². The highest BCUT2D eigenvalue weighted by atomic mass is 16.5. The van der Waals surface area contributed by atoms with Gasteiger partial charge >= 0.3 is 0 Å². The third-order valence-electron chi connectivity index (χ3n) is 7.99. The molecule has 6 unspecified atom stereocenters. The standard InChI is InChI=1S/C28H43NO3/c1-19(2)27(30)17-22-10-13-32-26(16-22)15-21(4)28(31)18-25-7-5-6-24(25)14-20(3)23-8-11-29-12-9-23/h8-9,11-12,19-22,24-26H,5-7,10,13-18H2,1-4H3. The van der Waals surface area contributed by atoms with E-state index in [0.29, 0.717) is 41.7 Å². The molecule has 4 heteroatoms. The molecule has 2 aliphatic rings. The molecule has 1 saturated heterocycles. The summed E-state index contributed by atoms with van der Waals surface area (Å²) in [6.07, 6.45) is 12.8. The van der Waals surface area contributed by atoms with Crippen LogP contribution in [-0.2, 0) is 14.3 Å². The van der Waals surface area contributed by atoms with Gasteiger partial charge < -0.3 is 4.74 Å². The molecule has 1 aliphatic heterocycles. The van der Waals surface area contributed by atoms with Crippen molar-refractivity contribution in [2.24, 2.45) is 29.6 Å². The number of nitrogens with zero attached hydrogens (tertiary/aromatic N) is 1. The molecule has 2 heterocycles. The Balaban J connectivity index is 1.46. The minimum absolute atomic E-state index is 0.0402. The van der Waals surface area contributed by atoms with Gasteiger partial charge in [-0.05, 0) is 73.5 Å². The molecule has 32 heavy (non-hydrogen) atoms. The van der Waals surface area contributed by atoms with Crippen LogP contribution in [0.25, 0.3) is 0 Å². The fourth-order valence-corrected chi connectivity index (χ4v) is 5.79. The Labute approximate surface area is 194 Å². The van der Waals surface area contributed by atoms with Crippen LogP contribution in [0.1, 0.15) is 97.0 Å². The summed E-state index contributed by atoms with van der Waals surface area (Å²) in [5.74, 6) is 3.01. The number of hydrogen-bond acceptors (Lipinski definition) is 4. The highest BCUT2D eigenvalue weighted by molar-refractivity contribution is 5.81. The molecule has 4 nitrogen and oxygen atoms in total. The first-order chi connectivity index (χ1) is 15.3. The van der Waals surface area contributed by atoms with Crippen LogP contribution in [0.3, 0.4) is 0 Å². The monoisotopic (exact) mass is 441 g/mol. The first kappa shape index (κ1) is 25.1. The number of hydrogen-bond donors (Lipinski definition) is 0. The lowest BCUT2D eigenvalue weighted by Gasteiger charge is -2.31. The topological polar surface area (TPSA) is 56.3 Å². The van der Waals surface area contributed by atoms with Gasteiger partial charge in [-0.1, -0.05) is 40.5 Å². The van der Waals surface area contributed by atoms with E-state index < -0.39 is 0 Å². The fourth-order valence-electron chi connectivity index (χ4n) is 5.79. The zero-order chi connectivity index (χ0) is 23.1. The van der Waals surface area contributed by atoms with E-state index in [4.69, 9.17) is 4.74 Å². The van der Waals surface area contributed by atoms with Crippen LogP contribution in [0.4, 0.5) is 0 Å². The van der Waals surface area contributed by atoms with Crippen molar-refractivity contribution >= 4 is 11.6 Å². The predicted octanol–water partition coefficient (Wildman–Crippen LogP) is 6.39. The number of ether oxygens (including phenoxy) is 1. The maximum absolute atomic E-state index is 13.1. The number of pyridine rings is 1. The lowest BCUT2D eigenvalue weighted by atomic mass is 9.80. The van der Waals surface area contributed by atoms with E-state index in [9.17, 15) is 9.59 Å². The first-order valence-electron chi connectivity index (χ1n) is 12.9. The molecule has 6 atom stereocenters. The van der Waals surface area contributed by atoms with E-state index in [2.05, 4.69) is 31.0 Å². The second-order valence-corrected chi connectivity index (χ2v) is 10.9. The fraction of sp³-hybridized carbons (Fsp3) is 0.750. The summed E-state index contributed by atoms with van der Waals surface area (Å²) in [7, 11) is 0. The van der Waals surface area contributed by atoms with Crippen LogP contribution in [-0.4, -0.2) is 29.3 Å². The van der Waals surface area contributed by atoms with E-state index in [0.717, 1.165) is 38.7 Å². The predicted molar refractivity (Wildman–Crippen MR) is 128 cm³/mol. The average molecular weight is 442 g/mol. The number of Topliss-reactive ketones (excluding diaryl/α,β-unsaturated/α-hetero) is 2. The van der Waals surface area contributed by atoms with Crippen molar-refractivity contribution in [1.82, 2.24) is 4.98 Å². The molecule has 0 N–H and O–H groups in total. The Morgan fingerprint density at radius 1 is 0.969 bits per heavy atom. The molecule has 178 valence electrons. The van der Waals surface area contributed by atoms with Crippen LogP contribution in [0.2, 0.25) is 0 Å². The molecule has 3 rings (SSSR count). The van der Waals surface area contributed by atoms with Gasteiger partial charge in [-0.3, -0.25) is 14.6 Å². The largest absolute Gasteiger partial charge is 0.378 e. The van der Waals surface area contributed by atoms with Crippen LogP contribution in [0, 0.1) is 29.6 Å². The summed E-state index contributed by atoms with van der Waals surface area (Å²) >= 11 is 0. The number of rotatable bonds is 11. The molecule has 1 aliphatic carbocycles. The van der Waals surface area contributed by atoms with E-state index in [-0.39, 0.29) is 17.9 Å². The highest BCUT2D eigenvalue weighted by Crippen LogP contribution is 2.41. The lowest BCUT2D eigenvalue weighted by Crippen LogP contribution is -2.31. The summed E-state index contributed by atoms with van der Waals surface area (Å²) in [4.78, 5) is 29.4. The molecule has 1 saturated carbocycles. The molecule has 1 aromatic rings. The smallest absolute Gasteiger partial charge is 0.136 e. The van der Waals surface area contributed by atoms with Crippen LogP contribution < -0.4 is 0 Å². The SMILES string of the molecule is CC(C)C(=O)CC1CCOC(CC(C)C(=O)CC2CCCC2CC(C)c2ccncc2)C1. The zero-order valence-corrected chi connectivity index (χ0v) is 20.6.